The Kier molecular flexibility index (Phi) is 5.67. The number of aromatic nitrogens is 4. The Morgan fingerprint density at radius 1 is 1.39 bits per heavy atom. The van der Waals surface area contributed by atoms with E-state index in [2.05, 4.69) is 41.2 Å². The summed E-state index contributed by atoms with van der Waals surface area (Å²) in [4.78, 5) is 22.3. The first-order valence-electron chi connectivity index (χ1n) is 7.78. The Balaban J connectivity index is 2.00. The van der Waals surface area contributed by atoms with Gasteiger partial charge in [-0.1, -0.05) is 19.9 Å². The summed E-state index contributed by atoms with van der Waals surface area (Å²) in [6, 6.07) is 3.86. The largest absolute Gasteiger partial charge is 0.334 e. The van der Waals surface area contributed by atoms with E-state index in [1.165, 1.54) is 6.33 Å². The van der Waals surface area contributed by atoms with Crippen molar-refractivity contribution in [3.05, 3.63) is 36.5 Å². The Morgan fingerprint density at radius 3 is 2.83 bits per heavy atom. The van der Waals surface area contributed by atoms with Crippen LogP contribution in [0.4, 0.5) is 4.79 Å². The fourth-order valence-electron chi connectivity index (χ4n) is 2.43. The van der Waals surface area contributed by atoms with E-state index < -0.39 is 0 Å². The van der Waals surface area contributed by atoms with Crippen LogP contribution in [0.5, 0.6) is 0 Å². The molecule has 0 aliphatic rings. The lowest BCUT2D eigenvalue weighted by Crippen LogP contribution is -2.42. The average Bonchev–Trinajstić information content (AvgIpc) is 3.05. The number of carbonyl (C=O) groups is 1. The Morgan fingerprint density at radius 2 is 2.17 bits per heavy atom. The number of nitrogens with zero attached hydrogens (tertiary/aromatic N) is 5. The summed E-state index contributed by atoms with van der Waals surface area (Å²) in [6.45, 7) is 6.76. The minimum atomic E-state index is -0.0912. The predicted molar refractivity (Wildman–Crippen MR) is 88.1 cm³/mol. The van der Waals surface area contributed by atoms with Crippen LogP contribution < -0.4 is 5.32 Å². The summed E-state index contributed by atoms with van der Waals surface area (Å²) < 4.78 is 1.59. The molecule has 2 heterocycles. The third kappa shape index (κ3) is 4.51. The summed E-state index contributed by atoms with van der Waals surface area (Å²) in [6.07, 6.45) is 5.71. The van der Waals surface area contributed by atoms with Crippen molar-refractivity contribution in [2.75, 3.05) is 7.05 Å². The summed E-state index contributed by atoms with van der Waals surface area (Å²) in [7, 11) is 1.82. The summed E-state index contributed by atoms with van der Waals surface area (Å²) in [5.41, 5.74) is 0.885. The van der Waals surface area contributed by atoms with E-state index in [0.29, 0.717) is 18.3 Å². The van der Waals surface area contributed by atoms with E-state index >= 15 is 0 Å². The third-order valence-electron chi connectivity index (χ3n) is 3.73. The first kappa shape index (κ1) is 16.9. The van der Waals surface area contributed by atoms with E-state index in [9.17, 15) is 4.79 Å². The number of urea groups is 1. The van der Waals surface area contributed by atoms with E-state index in [-0.39, 0.29) is 12.1 Å². The van der Waals surface area contributed by atoms with Crippen molar-refractivity contribution in [2.45, 2.75) is 39.8 Å². The standard InChI is InChI=1S/C16H24N6O/c1-12(2)8-13(3)21(4)16(23)19-9-14-6-5-7-18-15(14)22-11-17-10-20-22/h5-7,10-13H,8-9H2,1-4H3,(H,19,23)/t13-/m1/s1. The van der Waals surface area contributed by atoms with Gasteiger partial charge in [0, 0.05) is 31.4 Å². The average molecular weight is 316 g/mol. The molecule has 124 valence electrons. The van der Waals surface area contributed by atoms with Gasteiger partial charge in [-0.05, 0) is 25.3 Å². The van der Waals surface area contributed by atoms with Crippen LogP contribution in [0.3, 0.4) is 0 Å². The van der Waals surface area contributed by atoms with Gasteiger partial charge < -0.3 is 10.2 Å². The lowest BCUT2D eigenvalue weighted by atomic mass is 10.0. The number of pyridine rings is 1. The molecule has 0 saturated carbocycles. The molecule has 2 amide bonds. The Hall–Kier alpha value is -2.44. The van der Waals surface area contributed by atoms with Crippen molar-refractivity contribution in [2.24, 2.45) is 5.92 Å². The Bertz CT molecular complexity index is 625. The quantitative estimate of drug-likeness (QED) is 0.887. The highest BCUT2D eigenvalue weighted by molar-refractivity contribution is 5.74. The van der Waals surface area contributed by atoms with Crippen LogP contribution in [-0.2, 0) is 6.54 Å². The van der Waals surface area contributed by atoms with Gasteiger partial charge in [0.1, 0.15) is 12.7 Å². The van der Waals surface area contributed by atoms with Crippen molar-refractivity contribution in [3.8, 4) is 5.82 Å². The van der Waals surface area contributed by atoms with Gasteiger partial charge in [0.15, 0.2) is 5.82 Å². The Labute approximate surface area is 136 Å². The molecule has 0 aliphatic heterocycles. The molecule has 0 spiro atoms. The second kappa shape index (κ2) is 7.71. The zero-order chi connectivity index (χ0) is 16.8. The maximum atomic E-state index is 12.3. The second-order valence-electron chi connectivity index (χ2n) is 6.07. The summed E-state index contributed by atoms with van der Waals surface area (Å²) in [5.74, 6) is 1.22. The highest BCUT2D eigenvalue weighted by Gasteiger charge is 2.17. The van der Waals surface area contributed by atoms with Crippen LogP contribution in [0, 0.1) is 5.92 Å². The SMILES string of the molecule is CC(C)C[C@@H](C)N(C)C(=O)NCc1cccnc1-n1cncn1. The van der Waals surface area contributed by atoms with Crippen molar-refractivity contribution < 1.29 is 4.79 Å². The highest BCUT2D eigenvalue weighted by Crippen LogP contribution is 2.11. The summed E-state index contributed by atoms with van der Waals surface area (Å²) in [5, 5.41) is 7.03. The smallest absolute Gasteiger partial charge is 0.317 e. The molecule has 0 saturated heterocycles. The molecule has 2 rings (SSSR count). The molecular weight excluding hydrogens is 292 g/mol. The topological polar surface area (TPSA) is 75.9 Å². The van der Waals surface area contributed by atoms with Crippen molar-refractivity contribution in [3.63, 3.8) is 0 Å². The number of hydrogen-bond donors (Lipinski definition) is 1. The monoisotopic (exact) mass is 316 g/mol. The lowest BCUT2D eigenvalue weighted by molar-refractivity contribution is 0.186. The minimum absolute atomic E-state index is 0.0912. The first-order valence-corrected chi connectivity index (χ1v) is 7.78. The number of amides is 2. The van der Waals surface area contributed by atoms with Crippen LogP contribution in [0.2, 0.25) is 0 Å². The molecule has 0 fully saturated rings. The zero-order valence-corrected chi connectivity index (χ0v) is 14.1. The van der Waals surface area contributed by atoms with E-state index in [1.54, 1.807) is 22.1 Å². The molecule has 0 aromatic carbocycles. The molecule has 2 aromatic rings. The van der Waals surface area contributed by atoms with Gasteiger partial charge in [0.05, 0.1) is 0 Å². The molecular formula is C16H24N6O. The van der Waals surface area contributed by atoms with Gasteiger partial charge in [0.25, 0.3) is 0 Å². The normalized spacial score (nSPS) is 12.2. The van der Waals surface area contributed by atoms with E-state index in [0.717, 1.165) is 12.0 Å². The number of hydrogen-bond acceptors (Lipinski definition) is 4. The molecule has 1 atom stereocenters. The van der Waals surface area contributed by atoms with Crippen LogP contribution in [0.1, 0.15) is 32.8 Å². The lowest BCUT2D eigenvalue weighted by Gasteiger charge is -2.26. The van der Waals surface area contributed by atoms with Crippen molar-refractivity contribution in [1.29, 1.82) is 0 Å². The predicted octanol–water partition coefficient (Wildman–Crippen LogP) is 2.24. The van der Waals surface area contributed by atoms with Gasteiger partial charge in [-0.2, -0.15) is 5.10 Å². The molecule has 0 radical (unpaired) electrons. The number of carbonyl (C=O) groups excluding carboxylic acids is 1. The molecule has 0 bridgehead atoms. The van der Waals surface area contributed by atoms with E-state index in [4.69, 9.17) is 0 Å². The van der Waals surface area contributed by atoms with Gasteiger partial charge in [-0.15, -0.1) is 0 Å². The molecule has 23 heavy (non-hydrogen) atoms. The first-order chi connectivity index (χ1) is 11.0. The fraction of sp³-hybridized carbons (Fsp3) is 0.500. The van der Waals surface area contributed by atoms with Crippen LogP contribution in [-0.4, -0.2) is 43.8 Å². The van der Waals surface area contributed by atoms with Gasteiger partial charge in [-0.3, -0.25) is 0 Å². The van der Waals surface area contributed by atoms with Gasteiger partial charge in [0.2, 0.25) is 0 Å². The number of rotatable bonds is 6. The third-order valence-corrected chi connectivity index (χ3v) is 3.73. The zero-order valence-electron chi connectivity index (χ0n) is 14.1. The van der Waals surface area contributed by atoms with Gasteiger partial charge >= 0.3 is 6.03 Å². The van der Waals surface area contributed by atoms with Crippen LogP contribution in [0.15, 0.2) is 31.0 Å². The molecule has 7 heteroatoms. The molecule has 7 nitrogen and oxygen atoms in total. The fourth-order valence-corrected chi connectivity index (χ4v) is 2.43. The maximum Gasteiger partial charge on any atom is 0.317 e. The molecule has 0 aliphatic carbocycles. The van der Waals surface area contributed by atoms with Crippen molar-refractivity contribution in [1.82, 2.24) is 30.0 Å². The minimum Gasteiger partial charge on any atom is -0.334 e. The summed E-state index contributed by atoms with van der Waals surface area (Å²) >= 11 is 0. The molecule has 0 unspecified atom stereocenters. The van der Waals surface area contributed by atoms with Crippen LogP contribution >= 0.6 is 0 Å². The maximum absolute atomic E-state index is 12.3. The van der Waals surface area contributed by atoms with Gasteiger partial charge in [-0.25, -0.2) is 19.4 Å². The van der Waals surface area contributed by atoms with Crippen molar-refractivity contribution >= 4 is 6.03 Å². The van der Waals surface area contributed by atoms with E-state index in [1.807, 2.05) is 19.2 Å². The highest BCUT2D eigenvalue weighted by atomic mass is 16.2. The molecule has 2 aromatic heterocycles. The second-order valence-corrected chi connectivity index (χ2v) is 6.07. The molecule has 1 N–H and O–H groups in total. The van der Waals surface area contributed by atoms with Crippen LogP contribution in [0.25, 0.3) is 5.82 Å². The number of nitrogens with one attached hydrogen (secondary N) is 1.